The largest absolute Gasteiger partial charge is 0.352 e. The molecule has 5 rings (SSSR count). The van der Waals surface area contributed by atoms with E-state index in [9.17, 15) is 14.4 Å². The molecule has 2 N–H and O–H groups in total. The van der Waals surface area contributed by atoms with E-state index in [2.05, 4.69) is 15.5 Å². The van der Waals surface area contributed by atoms with Crippen LogP contribution in [0.5, 0.6) is 0 Å². The fourth-order valence-corrected chi connectivity index (χ4v) is 5.04. The van der Waals surface area contributed by atoms with Crippen LogP contribution < -0.4 is 10.6 Å². The standard InChI is InChI=1S/C27H32N6O3.2H2/c1-31(2)20-12-15-32(17-20)26(36)21-10-7-11-22-23(21)33-14-5-3-4-13-28-24(34)18-8-6-9-19(16-18)25(35)30-27(33)29-22;;/h6-11,16,20H,3-5,12-15,17H2,1-2H3,(H,28,34)(H,29,30,35);2*1H/t20-;;/m1../s1. The van der Waals surface area contributed by atoms with E-state index in [4.69, 9.17) is 4.98 Å². The highest BCUT2D eigenvalue weighted by Crippen LogP contribution is 2.27. The van der Waals surface area contributed by atoms with E-state index in [-0.39, 0.29) is 20.6 Å². The minimum absolute atomic E-state index is 0. The van der Waals surface area contributed by atoms with Crippen LogP contribution in [0.25, 0.3) is 11.0 Å². The number of aromatic nitrogens is 2. The number of benzene rings is 2. The van der Waals surface area contributed by atoms with Crippen molar-refractivity contribution in [1.82, 2.24) is 24.7 Å². The molecule has 36 heavy (non-hydrogen) atoms. The highest BCUT2D eigenvalue weighted by Gasteiger charge is 2.30. The molecule has 3 amide bonds. The molecule has 9 nitrogen and oxygen atoms in total. The number of nitrogens with zero attached hydrogens (tertiary/aromatic N) is 4. The smallest absolute Gasteiger partial charge is 0.257 e. The number of aryl methyl sites for hydroxylation is 1. The quantitative estimate of drug-likeness (QED) is 0.571. The minimum atomic E-state index is -0.348. The van der Waals surface area contributed by atoms with Crippen molar-refractivity contribution in [2.75, 3.05) is 39.0 Å². The van der Waals surface area contributed by atoms with E-state index in [0.29, 0.717) is 53.8 Å². The first-order valence-electron chi connectivity index (χ1n) is 12.6. The van der Waals surface area contributed by atoms with Gasteiger partial charge in [0.1, 0.15) is 0 Å². The number of fused-ring (bicyclic) bond motifs is 5. The molecule has 1 fully saturated rings. The predicted octanol–water partition coefficient (Wildman–Crippen LogP) is 3.47. The molecule has 3 aromatic rings. The monoisotopic (exact) mass is 492 g/mol. The summed E-state index contributed by atoms with van der Waals surface area (Å²) in [7, 11) is 4.09. The molecule has 1 atom stereocenters. The highest BCUT2D eigenvalue weighted by molar-refractivity contribution is 6.08. The summed E-state index contributed by atoms with van der Waals surface area (Å²) in [5.41, 5.74) is 2.86. The number of nitrogens with one attached hydrogen (secondary N) is 2. The Balaban J connectivity index is 0.00000200. The Morgan fingerprint density at radius 1 is 1.03 bits per heavy atom. The van der Waals surface area contributed by atoms with Crippen LogP contribution in [0.2, 0.25) is 0 Å². The zero-order valence-electron chi connectivity index (χ0n) is 20.8. The van der Waals surface area contributed by atoms with Gasteiger partial charge in [-0.2, -0.15) is 0 Å². The number of anilines is 1. The van der Waals surface area contributed by atoms with Crippen LogP contribution in [0.4, 0.5) is 5.95 Å². The van der Waals surface area contributed by atoms with Gasteiger partial charge >= 0.3 is 0 Å². The van der Waals surface area contributed by atoms with Crippen LogP contribution in [0.1, 0.15) is 59.6 Å². The fourth-order valence-electron chi connectivity index (χ4n) is 5.04. The van der Waals surface area contributed by atoms with Crippen molar-refractivity contribution < 1.29 is 17.2 Å². The fraction of sp³-hybridized carbons (Fsp3) is 0.407. The molecular formula is C27H36N6O3. The molecule has 9 heteroatoms. The molecule has 1 saturated heterocycles. The normalized spacial score (nSPS) is 19.1. The maximum absolute atomic E-state index is 13.6. The molecule has 0 radical (unpaired) electrons. The molecule has 0 aliphatic carbocycles. The van der Waals surface area contributed by atoms with Crippen LogP contribution in [0.15, 0.2) is 42.5 Å². The second-order valence-electron chi connectivity index (χ2n) is 9.77. The molecule has 2 bridgehead atoms. The maximum atomic E-state index is 13.6. The Kier molecular flexibility index (Phi) is 6.73. The van der Waals surface area contributed by atoms with E-state index in [0.717, 1.165) is 37.7 Å². The number of likely N-dealkylation sites (N-methyl/N-ethyl adjacent to an activating group) is 1. The van der Waals surface area contributed by atoms with Gasteiger partial charge in [0.15, 0.2) is 0 Å². The number of carbonyl (C=O) groups is 3. The molecule has 0 spiro atoms. The lowest BCUT2D eigenvalue weighted by atomic mass is 10.1. The zero-order chi connectivity index (χ0) is 25.2. The van der Waals surface area contributed by atoms with Crippen LogP contribution in [0, 0.1) is 0 Å². The predicted molar refractivity (Wildman–Crippen MR) is 143 cm³/mol. The van der Waals surface area contributed by atoms with Crippen molar-refractivity contribution in [2.45, 2.75) is 38.3 Å². The number of imidazole rings is 1. The number of rotatable bonds is 2. The third kappa shape index (κ3) is 4.70. The summed E-state index contributed by atoms with van der Waals surface area (Å²) >= 11 is 0. The van der Waals surface area contributed by atoms with Crippen molar-refractivity contribution in [2.24, 2.45) is 0 Å². The van der Waals surface area contributed by atoms with E-state index in [1.54, 1.807) is 24.3 Å². The second kappa shape index (κ2) is 10.1. The Morgan fingerprint density at radius 2 is 1.81 bits per heavy atom. The summed E-state index contributed by atoms with van der Waals surface area (Å²) in [6.45, 7) is 2.59. The van der Waals surface area contributed by atoms with E-state index >= 15 is 0 Å². The third-order valence-corrected chi connectivity index (χ3v) is 7.13. The lowest BCUT2D eigenvalue weighted by Gasteiger charge is -2.21. The van der Waals surface area contributed by atoms with Crippen LogP contribution in [-0.4, -0.2) is 76.8 Å². The van der Waals surface area contributed by atoms with E-state index < -0.39 is 0 Å². The van der Waals surface area contributed by atoms with Gasteiger partial charge in [0.25, 0.3) is 17.7 Å². The first-order chi connectivity index (χ1) is 17.4. The first kappa shape index (κ1) is 24.0. The SMILES string of the molecule is CN(C)[C@@H]1CCN(C(=O)c2cccc3nc4n(c23)CCCCCNC(=O)c2cccc(c2)C(=O)N4)C1.[HH].[HH]. The molecule has 192 valence electrons. The molecule has 3 heterocycles. The summed E-state index contributed by atoms with van der Waals surface area (Å²) in [5.74, 6) is -0.126. The second-order valence-corrected chi connectivity index (χ2v) is 9.77. The molecule has 0 saturated carbocycles. The van der Waals surface area contributed by atoms with E-state index in [1.807, 2.05) is 41.8 Å². The summed E-state index contributed by atoms with van der Waals surface area (Å²) in [6.07, 6.45) is 3.50. The minimum Gasteiger partial charge on any atom is -0.352 e. The molecule has 0 unspecified atom stereocenters. The van der Waals surface area contributed by atoms with E-state index in [1.165, 1.54) is 0 Å². The van der Waals surface area contributed by atoms with Gasteiger partial charge in [0.2, 0.25) is 5.95 Å². The van der Waals surface area contributed by atoms with Gasteiger partial charge in [-0.05, 0) is 70.1 Å². The van der Waals surface area contributed by atoms with Crippen molar-refractivity contribution in [3.63, 3.8) is 0 Å². The first-order valence-corrected chi connectivity index (χ1v) is 12.6. The number of carbonyl (C=O) groups excluding carboxylic acids is 3. The molecule has 2 aliphatic heterocycles. The van der Waals surface area contributed by atoms with Gasteiger partial charge in [0.05, 0.1) is 16.6 Å². The summed E-state index contributed by atoms with van der Waals surface area (Å²) in [5, 5.41) is 5.86. The number of likely N-dealkylation sites (tertiary alicyclic amines) is 1. The number of hydrogen-bond acceptors (Lipinski definition) is 5. The van der Waals surface area contributed by atoms with Gasteiger partial charge in [-0.25, -0.2) is 4.98 Å². The molecule has 1 aromatic heterocycles. The Hall–Kier alpha value is -3.72. The van der Waals surface area contributed by atoms with Crippen LogP contribution >= 0.6 is 0 Å². The number of hydrogen-bond donors (Lipinski definition) is 2. The zero-order valence-corrected chi connectivity index (χ0v) is 20.8. The summed E-state index contributed by atoms with van der Waals surface area (Å²) < 4.78 is 1.97. The van der Waals surface area contributed by atoms with Crippen molar-refractivity contribution >= 4 is 34.7 Å². The van der Waals surface area contributed by atoms with Gasteiger partial charge in [0, 0.05) is 46.2 Å². The highest BCUT2D eigenvalue weighted by atomic mass is 16.2. The topological polar surface area (TPSA) is 99.6 Å². The lowest BCUT2D eigenvalue weighted by molar-refractivity contribution is 0.0784. The van der Waals surface area contributed by atoms with Crippen molar-refractivity contribution in [3.8, 4) is 0 Å². The number of para-hydroxylation sites is 1. The Morgan fingerprint density at radius 3 is 2.58 bits per heavy atom. The average Bonchev–Trinajstić information content (AvgIpc) is 3.50. The van der Waals surface area contributed by atoms with Crippen LogP contribution in [-0.2, 0) is 6.54 Å². The van der Waals surface area contributed by atoms with Gasteiger partial charge in [-0.15, -0.1) is 0 Å². The van der Waals surface area contributed by atoms with Crippen molar-refractivity contribution in [3.05, 3.63) is 59.2 Å². The summed E-state index contributed by atoms with van der Waals surface area (Å²) in [6, 6.07) is 12.6. The Bertz CT molecular complexity index is 1330. The summed E-state index contributed by atoms with van der Waals surface area (Å²) in [4.78, 5) is 48.0. The Labute approximate surface area is 213 Å². The third-order valence-electron chi connectivity index (χ3n) is 7.13. The van der Waals surface area contributed by atoms with Gasteiger partial charge in [-0.3, -0.25) is 19.7 Å². The van der Waals surface area contributed by atoms with Gasteiger partial charge in [-0.1, -0.05) is 12.1 Å². The van der Waals surface area contributed by atoms with Crippen LogP contribution in [0.3, 0.4) is 0 Å². The van der Waals surface area contributed by atoms with Crippen molar-refractivity contribution in [1.29, 1.82) is 0 Å². The average molecular weight is 493 g/mol. The molecule has 2 aromatic carbocycles. The maximum Gasteiger partial charge on any atom is 0.257 e. The number of amides is 3. The lowest BCUT2D eigenvalue weighted by Crippen LogP contribution is -2.34. The molecule has 2 aliphatic rings. The van der Waals surface area contributed by atoms with Gasteiger partial charge < -0.3 is 19.7 Å². The molecular weight excluding hydrogens is 456 g/mol.